The van der Waals surface area contributed by atoms with Crippen LogP contribution in [0.4, 0.5) is 5.69 Å². The van der Waals surface area contributed by atoms with Crippen molar-refractivity contribution < 1.29 is 9.59 Å². The number of carbonyl (C=O) groups is 2. The Morgan fingerprint density at radius 2 is 1.47 bits per heavy atom. The Morgan fingerprint density at radius 1 is 0.895 bits per heavy atom. The third-order valence-electron chi connectivity index (χ3n) is 3.38. The third-order valence-corrected chi connectivity index (χ3v) is 5.38. The molecule has 1 unspecified atom stereocenters. The number of hydrogen-bond donors (Lipinski definition) is 1. The zero-order valence-corrected chi connectivity index (χ0v) is 12.5. The van der Waals surface area contributed by atoms with Crippen molar-refractivity contribution in [2.24, 2.45) is 0 Å². The van der Waals surface area contributed by atoms with Gasteiger partial charge in [-0.05, 0) is 0 Å². The van der Waals surface area contributed by atoms with E-state index in [1.807, 2.05) is 6.07 Å². The van der Waals surface area contributed by atoms with Crippen molar-refractivity contribution in [3.05, 3.63) is 58.7 Å². The van der Waals surface area contributed by atoms with Gasteiger partial charge in [-0.15, -0.1) is 0 Å². The molecule has 0 spiro atoms. The van der Waals surface area contributed by atoms with Crippen LogP contribution < -0.4 is 10.1 Å². The van der Waals surface area contributed by atoms with E-state index in [2.05, 4.69) is 5.71 Å². The monoisotopic (exact) mass is 313 g/mol. The van der Waals surface area contributed by atoms with Crippen molar-refractivity contribution >= 4 is 37.4 Å². The quantitative estimate of drug-likeness (QED) is 0.542. The van der Waals surface area contributed by atoms with Gasteiger partial charge in [0.2, 0.25) is 0 Å². The number of ketones is 2. The van der Waals surface area contributed by atoms with Crippen molar-refractivity contribution in [2.45, 2.75) is 5.71 Å². The second-order valence-electron chi connectivity index (χ2n) is 4.41. The molecule has 2 aromatic rings. The topological polar surface area (TPSA) is 60.2 Å². The first-order chi connectivity index (χ1) is 9.15. The van der Waals surface area contributed by atoms with Crippen molar-refractivity contribution in [2.75, 3.05) is 5.73 Å². The molecule has 0 bridgehead atoms. The number of nitrogen functional groups attached to an aromatic ring is 1. The van der Waals surface area contributed by atoms with Crippen molar-refractivity contribution in [1.82, 2.24) is 0 Å². The minimum atomic E-state index is -0.420. The van der Waals surface area contributed by atoms with Crippen LogP contribution in [0.5, 0.6) is 0 Å². The van der Waals surface area contributed by atoms with Crippen LogP contribution in [-0.2, 0) is 0 Å². The van der Waals surface area contributed by atoms with Gasteiger partial charge in [0.25, 0.3) is 0 Å². The average Bonchev–Trinajstić information content (AvgIpc) is 2.44. The van der Waals surface area contributed by atoms with Crippen LogP contribution in [0.1, 0.15) is 31.8 Å². The van der Waals surface area contributed by atoms with Crippen LogP contribution in [0.25, 0.3) is 0 Å². The number of hydrogen-bond acceptors (Lipinski definition) is 3. The molecule has 2 N–H and O–H groups in total. The van der Waals surface area contributed by atoms with Crippen LogP contribution >= 0.6 is 0 Å². The SMILES string of the molecule is C[AsH]c1ccc(N)c2c1C(=O)c1ccccc1C2=O. The molecule has 0 aromatic heterocycles. The first kappa shape index (κ1) is 12.2. The summed E-state index contributed by atoms with van der Waals surface area (Å²) in [6, 6.07) is 10.6. The van der Waals surface area contributed by atoms with Crippen molar-refractivity contribution in [3.8, 4) is 0 Å². The second-order valence-corrected chi connectivity index (χ2v) is 6.59. The van der Waals surface area contributed by atoms with Gasteiger partial charge in [0, 0.05) is 0 Å². The maximum atomic E-state index is 12.6. The summed E-state index contributed by atoms with van der Waals surface area (Å²) in [6.45, 7) is 0. The average molecular weight is 313 g/mol. The summed E-state index contributed by atoms with van der Waals surface area (Å²) in [4.78, 5) is 25.1. The maximum absolute atomic E-state index is 12.6. The van der Waals surface area contributed by atoms with E-state index in [1.165, 1.54) is 0 Å². The molecule has 1 atom stereocenters. The van der Waals surface area contributed by atoms with Gasteiger partial charge in [-0.25, -0.2) is 0 Å². The van der Waals surface area contributed by atoms with E-state index in [0.29, 0.717) is 27.9 Å². The van der Waals surface area contributed by atoms with Crippen molar-refractivity contribution in [1.29, 1.82) is 0 Å². The molecule has 0 amide bonds. The molecule has 1 aliphatic rings. The molecule has 2 aromatic carbocycles. The summed E-state index contributed by atoms with van der Waals surface area (Å²) in [7, 11) is 0. The number of benzene rings is 2. The van der Waals surface area contributed by atoms with Gasteiger partial charge in [0.15, 0.2) is 0 Å². The number of carbonyl (C=O) groups excluding carboxylic acids is 2. The van der Waals surface area contributed by atoms with E-state index in [1.54, 1.807) is 30.3 Å². The minimum absolute atomic E-state index is 0.0712. The van der Waals surface area contributed by atoms with Crippen LogP contribution in [0.2, 0.25) is 5.71 Å². The molecule has 3 rings (SSSR count). The van der Waals surface area contributed by atoms with E-state index < -0.39 is 15.8 Å². The van der Waals surface area contributed by atoms with E-state index in [0.717, 1.165) is 4.35 Å². The standard InChI is InChI=1S/C15H12AsNO2/c1-16-10-6-7-11(17)13-12(10)14(18)8-4-2-3-5-9(8)15(13)19/h2-7,16H,17H2,1H3. The molecule has 0 saturated heterocycles. The molecule has 3 nitrogen and oxygen atoms in total. The summed E-state index contributed by atoms with van der Waals surface area (Å²) < 4.78 is 0.997. The van der Waals surface area contributed by atoms with Gasteiger partial charge >= 0.3 is 117 Å². The normalized spacial score (nSPS) is 13.7. The Balaban J connectivity index is 2.38. The molecule has 0 radical (unpaired) electrons. The van der Waals surface area contributed by atoms with E-state index in [9.17, 15) is 9.59 Å². The van der Waals surface area contributed by atoms with Gasteiger partial charge in [-0.1, -0.05) is 0 Å². The Morgan fingerprint density at radius 3 is 2.05 bits per heavy atom. The summed E-state index contributed by atoms with van der Waals surface area (Å²) in [6.07, 6.45) is 0. The molecule has 94 valence electrons. The Bertz CT molecular complexity index is 722. The summed E-state index contributed by atoms with van der Waals surface area (Å²) in [5, 5.41) is 0. The molecule has 0 heterocycles. The third kappa shape index (κ3) is 1.66. The second kappa shape index (κ2) is 4.36. The molecule has 0 aliphatic heterocycles. The Labute approximate surface area is 117 Å². The number of rotatable bonds is 1. The zero-order valence-electron chi connectivity index (χ0n) is 10.4. The fraction of sp³-hybridized carbons (Fsp3) is 0.0667. The van der Waals surface area contributed by atoms with Crippen LogP contribution in [0.15, 0.2) is 36.4 Å². The van der Waals surface area contributed by atoms with Gasteiger partial charge in [0.1, 0.15) is 0 Å². The fourth-order valence-corrected chi connectivity index (χ4v) is 4.01. The predicted octanol–water partition coefficient (Wildman–Crippen LogP) is 1.15. The summed E-state index contributed by atoms with van der Waals surface area (Å²) in [5.74, 6) is -0.206. The van der Waals surface area contributed by atoms with Crippen LogP contribution in [-0.4, -0.2) is 27.3 Å². The molecular formula is C15H12AsNO2. The molecule has 0 fully saturated rings. The van der Waals surface area contributed by atoms with Gasteiger partial charge in [-0.3, -0.25) is 0 Å². The Hall–Kier alpha value is -1.86. The van der Waals surface area contributed by atoms with E-state index in [-0.39, 0.29) is 11.6 Å². The summed E-state index contributed by atoms with van der Waals surface area (Å²) >= 11 is -0.420. The first-order valence-corrected chi connectivity index (χ1v) is 9.08. The molecule has 1 aliphatic carbocycles. The van der Waals surface area contributed by atoms with Gasteiger partial charge < -0.3 is 0 Å². The predicted molar refractivity (Wildman–Crippen MR) is 76.8 cm³/mol. The zero-order chi connectivity index (χ0) is 13.6. The van der Waals surface area contributed by atoms with Crippen molar-refractivity contribution in [3.63, 3.8) is 0 Å². The van der Waals surface area contributed by atoms with E-state index >= 15 is 0 Å². The Kier molecular flexibility index (Phi) is 2.79. The van der Waals surface area contributed by atoms with Crippen LogP contribution in [0, 0.1) is 0 Å². The van der Waals surface area contributed by atoms with Crippen LogP contribution in [0.3, 0.4) is 0 Å². The molecule has 4 heteroatoms. The van der Waals surface area contributed by atoms with Gasteiger partial charge in [-0.2, -0.15) is 0 Å². The number of nitrogens with two attached hydrogens (primary N) is 1. The summed E-state index contributed by atoms with van der Waals surface area (Å²) in [5.41, 5.74) is 10.3. The molecule has 0 saturated carbocycles. The fourth-order valence-electron chi connectivity index (χ4n) is 2.46. The number of anilines is 1. The molecular weight excluding hydrogens is 301 g/mol. The van der Waals surface area contributed by atoms with Gasteiger partial charge in [0.05, 0.1) is 0 Å². The molecule has 19 heavy (non-hydrogen) atoms. The van der Waals surface area contributed by atoms with E-state index in [4.69, 9.17) is 5.73 Å². The number of fused-ring (bicyclic) bond motifs is 2. The first-order valence-electron chi connectivity index (χ1n) is 5.93.